The van der Waals surface area contributed by atoms with Gasteiger partial charge in [0.1, 0.15) is 16.8 Å². The van der Waals surface area contributed by atoms with Crippen LogP contribution >= 0.6 is 11.6 Å². The van der Waals surface area contributed by atoms with Crippen LogP contribution in [0.1, 0.15) is 29.3 Å². The van der Waals surface area contributed by atoms with Gasteiger partial charge in [0.25, 0.3) is 0 Å². The van der Waals surface area contributed by atoms with Crippen LogP contribution in [0.25, 0.3) is 11.0 Å². The Morgan fingerprint density at radius 1 is 1.10 bits per heavy atom. The molecule has 0 radical (unpaired) electrons. The van der Waals surface area contributed by atoms with E-state index in [0.717, 1.165) is 53.2 Å². The van der Waals surface area contributed by atoms with E-state index in [1.807, 2.05) is 24.3 Å². The van der Waals surface area contributed by atoms with Crippen LogP contribution in [0, 0.1) is 0 Å². The summed E-state index contributed by atoms with van der Waals surface area (Å²) in [5.74, 6) is 1.62. The molecule has 4 nitrogen and oxygen atoms in total. The number of benzene rings is 1. The second kappa shape index (κ2) is 4.56. The van der Waals surface area contributed by atoms with Crippen molar-refractivity contribution in [1.29, 1.82) is 0 Å². The summed E-state index contributed by atoms with van der Waals surface area (Å²) in [6.07, 6.45) is 3.71. The van der Waals surface area contributed by atoms with Crippen molar-refractivity contribution in [3.05, 3.63) is 52.3 Å². The van der Waals surface area contributed by atoms with Crippen molar-refractivity contribution < 1.29 is 0 Å². The van der Waals surface area contributed by atoms with Gasteiger partial charge in [0.15, 0.2) is 0 Å². The predicted octanol–water partition coefficient (Wildman–Crippen LogP) is 3.09. The van der Waals surface area contributed by atoms with Gasteiger partial charge < -0.3 is 4.98 Å². The van der Waals surface area contributed by atoms with E-state index in [1.165, 1.54) is 0 Å². The molecular weight excluding hydrogens is 272 g/mol. The molecule has 0 unspecified atom stereocenters. The van der Waals surface area contributed by atoms with E-state index in [2.05, 4.69) is 19.9 Å². The highest BCUT2D eigenvalue weighted by molar-refractivity contribution is 6.30. The van der Waals surface area contributed by atoms with Crippen LogP contribution in [-0.4, -0.2) is 19.9 Å². The Labute approximate surface area is 121 Å². The van der Waals surface area contributed by atoms with Gasteiger partial charge in [-0.2, -0.15) is 0 Å². The van der Waals surface area contributed by atoms with Gasteiger partial charge in [0.05, 0.1) is 17.5 Å². The quantitative estimate of drug-likeness (QED) is 0.736. The number of aromatic nitrogens is 4. The van der Waals surface area contributed by atoms with Crippen LogP contribution < -0.4 is 0 Å². The number of halogens is 1. The number of rotatable bonds is 2. The lowest BCUT2D eigenvalue weighted by atomic mass is 10.2. The molecule has 0 aliphatic heterocycles. The molecule has 100 valence electrons. The normalized spacial score (nSPS) is 13.8. The topological polar surface area (TPSA) is 54.5 Å². The number of nitrogens with one attached hydrogen (secondary N) is 1. The maximum Gasteiger partial charge on any atom is 0.137 e. The van der Waals surface area contributed by atoms with Crippen molar-refractivity contribution in [2.45, 2.75) is 25.7 Å². The van der Waals surface area contributed by atoms with E-state index in [4.69, 9.17) is 11.6 Å². The Balaban J connectivity index is 1.70. The maximum atomic E-state index is 6.24. The summed E-state index contributed by atoms with van der Waals surface area (Å²) in [5.41, 5.74) is 4.24. The number of aryl methyl sites for hydroxylation is 1. The first-order chi connectivity index (χ1) is 9.79. The van der Waals surface area contributed by atoms with E-state index in [9.17, 15) is 0 Å². The smallest absolute Gasteiger partial charge is 0.137 e. The van der Waals surface area contributed by atoms with Gasteiger partial charge in [0.2, 0.25) is 0 Å². The molecular formula is C15H13ClN4. The van der Waals surface area contributed by atoms with Crippen molar-refractivity contribution in [2.75, 3.05) is 0 Å². The average molecular weight is 285 g/mol. The minimum Gasteiger partial charge on any atom is -0.342 e. The van der Waals surface area contributed by atoms with Crippen LogP contribution in [0.4, 0.5) is 0 Å². The molecule has 4 rings (SSSR count). The summed E-state index contributed by atoms with van der Waals surface area (Å²) in [6, 6.07) is 7.98. The minimum atomic E-state index is 0.585. The third-order valence-electron chi connectivity index (χ3n) is 3.69. The Morgan fingerprint density at radius 2 is 2.00 bits per heavy atom. The molecule has 3 aromatic rings. The molecule has 0 saturated carbocycles. The number of aromatic amines is 1. The second-order valence-corrected chi connectivity index (χ2v) is 5.44. The SMILES string of the molecule is Clc1nc(Cc2nc3ccccc3[nH]2)nc2c1CCC2. The van der Waals surface area contributed by atoms with Gasteiger partial charge in [-0.05, 0) is 31.4 Å². The maximum absolute atomic E-state index is 6.24. The van der Waals surface area contributed by atoms with Crippen LogP contribution in [0.5, 0.6) is 0 Å². The number of imidazole rings is 1. The highest BCUT2D eigenvalue weighted by Crippen LogP contribution is 2.26. The van der Waals surface area contributed by atoms with Crippen molar-refractivity contribution in [3.8, 4) is 0 Å². The monoisotopic (exact) mass is 284 g/mol. The number of para-hydroxylation sites is 2. The van der Waals surface area contributed by atoms with E-state index in [0.29, 0.717) is 11.6 Å². The zero-order valence-electron chi connectivity index (χ0n) is 10.9. The fourth-order valence-corrected chi connectivity index (χ4v) is 3.05. The Morgan fingerprint density at radius 3 is 2.90 bits per heavy atom. The number of hydrogen-bond donors (Lipinski definition) is 1. The fourth-order valence-electron chi connectivity index (χ4n) is 2.75. The summed E-state index contributed by atoms with van der Waals surface area (Å²) in [5, 5.41) is 0.610. The molecule has 0 amide bonds. The molecule has 0 fully saturated rings. The predicted molar refractivity (Wildman–Crippen MR) is 78.0 cm³/mol. The largest absolute Gasteiger partial charge is 0.342 e. The van der Waals surface area contributed by atoms with Crippen molar-refractivity contribution in [3.63, 3.8) is 0 Å². The number of nitrogens with zero attached hydrogens (tertiary/aromatic N) is 3. The zero-order chi connectivity index (χ0) is 13.5. The molecule has 1 aliphatic carbocycles. The third kappa shape index (κ3) is 1.96. The summed E-state index contributed by atoms with van der Waals surface area (Å²) in [4.78, 5) is 16.9. The lowest BCUT2D eigenvalue weighted by Crippen LogP contribution is -2.03. The van der Waals surface area contributed by atoms with E-state index in [-0.39, 0.29) is 0 Å². The molecule has 0 atom stereocenters. The highest BCUT2D eigenvalue weighted by Gasteiger charge is 2.18. The lowest BCUT2D eigenvalue weighted by molar-refractivity contribution is 0.872. The summed E-state index contributed by atoms with van der Waals surface area (Å²) in [7, 11) is 0. The number of fused-ring (bicyclic) bond motifs is 2. The standard InChI is InChI=1S/C15H13ClN4/c16-15-9-4-3-7-10(9)17-14(20-15)8-13-18-11-5-1-2-6-12(11)19-13/h1-2,5-6H,3-4,7-8H2,(H,18,19). The molecule has 0 bridgehead atoms. The number of H-pyrrole nitrogens is 1. The van der Waals surface area contributed by atoms with E-state index < -0.39 is 0 Å². The summed E-state index contributed by atoms with van der Waals surface area (Å²) in [6.45, 7) is 0. The summed E-state index contributed by atoms with van der Waals surface area (Å²) >= 11 is 6.24. The zero-order valence-corrected chi connectivity index (χ0v) is 11.6. The molecule has 2 aromatic heterocycles. The van der Waals surface area contributed by atoms with Gasteiger partial charge in [-0.15, -0.1) is 0 Å². The molecule has 1 aromatic carbocycles. The molecule has 20 heavy (non-hydrogen) atoms. The highest BCUT2D eigenvalue weighted by atomic mass is 35.5. The second-order valence-electron chi connectivity index (χ2n) is 5.09. The Kier molecular flexibility index (Phi) is 2.70. The van der Waals surface area contributed by atoms with Crippen LogP contribution in [0.15, 0.2) is 24.3 Å². The van der Waals surface area contributed by atoms with Crippen molar-refractivity contribution >= 4 is 22.6 Å². The molecule has 1 N–H and O–H groups in total. The molecule has 1 aliphatic rings. The Hall–Kier alpha value is -1.94. The van der Waals surface area contributed by atoms with Crippen molar-refractivity contribution in [1.82, 2.24) is 19.9 Å². The van der Waals surface area contributed by atoms with E-state index in [1.54, 1.807) is 0 Å². The van der Waals surface area contributed by atoms with Crippen molar-refractivity contribution in [2.24, 2.45) is 0 Å². The molecule has 0 saturated heterocycles. The van der Waals surface area contributed by atoms with E-state index >= 15 is 0 Å². The van der Waals surface area contributed by atoms with Gasteiger partial charge in [-0.1, -0.05) is 23.7 Å². The molecule has 2 heterocycles. The van der Waals surface area contributed by atoms with Gasteiger partial charge >= 0.3 is 0 Å². The van der Waals surface area contributed by atoms with Gasteiger partial charge in [0, 0.05) is 11.3 Å². The Bertz CT molecular complexity index is 761. The first-order valence-electron chi connectivity index (χ1n) is 6.77. The first-order valence-corrected chi connectivity index (χ1v) is 7.15. The molecule has 0 spiro atoms. The fraction of sp³-hybridized carbons (Fsp3) is 0.267. The minimum absolute atomic E-state index is 0.585. The van der Waals surface area contributed by atoms with Gasteiger partial charge in [-0.3, -0.25) is 0 Å². The van der Waals surface area contributed by atoms with Crippen LogP contribution in [-0.2, 0) is 19.3 Å². The average Bonchev–Trinajstić information content (AvgIpc) is 3.04. The summed E-state index contributed by atoms with van der Waals surface area (Å²) < 4.78 is 0. The lowest BCUT2D eigenvalue weighted by Gasteiger charge is -2.04. The first kappa shape index (κ1) is 11.9. The number of hydrogen-bond acceptors (Lipinski definition) is 3. The third-order valence-corrected chi connectivity index (χ3v) is 4.01. The van der Waals surface area contributed by atoms with Gasteiger partial charge in [-0.25, -0.2) is 15.0 Å². The van der Waals surface area contributed by atoms with Crippen LogP contribution in [0.2, 0.25) is 5.15 Å². The van der Waals surface area contributed by atoms with Crippen LogP contribution in [0.3, 0.4) is 0 Å². The molecule has 5 heteroatoms.